The molecule has 29 nitrogen and oxygen atoms in total. The number of phenols is 1. The predicted molar refractivity (Wildman–Crippen MR) is 434 cm³/mol. The number of hydrogen-bond acceptors (Lipinski definition) is 20. The molecule has 3 heterocycles. The van der Waals surface area contributed by atoms with Gasteiger partial charge in [-0.15, -0.1) is 0 Å². The van der Waals surface area contributed by atoms with Crippen molar-refractivity contribution in [3.63, 3.8) is 0 Å². The molecule has 10 unspecified atom stereocenters. The van der Waals surface area contributed by atoms with E-state index in [4.69, 9.17) is 11.5 Å². The predicted octanol–water partition coefficient (Wildman–Crippen LogP) is 4.10. The number of likely N-dealkylation sites (N-methyl/N-ethyl adjacent to an activating group) is 4. The van der Waals surface area contributed by atoms with Crippen LogP contribution in [0.4, 0.5) is 0 Å². The maximum Gasteiger partial charge on any atom is 0.305 e. The summed E-state index contributed by atoms with van der Waals surface area (Å²) in [6, 6.07) is 23.2. The number of hydrogen-bond donors (Lipinski definition) is 10. The second-order valence-corrected chi connectivity index (χ2v) is 31.6. The van der Waals surface area contributed by atoms with Gasteiger partial charge in [0.05, 0.1) is 49.4 Å². The fourth-order valence-electron chi connectivity index (χ4n) is 14.6. The number of aromatic hydroxyl groups is 1. The summed E-state index contributed by atoms with van der Waals surface area (Å²) in [6.07, 6.45) is -0.957. The maximum absolute atomic E-state index is 15.5. The SMILES string of the molecule is CC(=O)C1CSCC(=O)CC(Cc2c[nH]c3ccccc23)C(=O)CC(CS)C(=O)NC(CC(=O)O)C(=O)CC(C(C)C)C(=O)N(C)C(CO)C(=O)CCC(=O)NC(CCCN=C(N)N)C(=O)N(C)C(Cc2ccccc2)C(=O)N(C)CC(=O)CC(Cc2ccc(O)cc2)C(=O)N(C)C(Cc2ccccc2)CN2CCC[C@@H]2C(=O)N1. The van der Waals surface area contributed by atoms with Gasteiger partial charge in [0.25, 0.3) is 0 Å². The third-order valence-corrected chi connectivity index (χ3v) is 22.9. The van der Waals surface area contributed by atoms with E-state index in [0.29, 0.717) is 42.5 Å². The van der Waals surface area contributed by atoms with E-state index in [0.717, 1.165) is 38.0 Å². The van der Waals surface area contributed by atoms with Crippen LogP contribution in [0.5, 0.6) is 5.75 Å². The number of aromatic nitrogens is 1. The Morgan fingerprint density at radius 3 is 1.90 bits per heavy atom. The summed E-state index contributed by atoms with van der Waals surface area (Å²) in [6.45, 7) is 3.66. The van der Waals surface area contributed by atoms with Gasteiger partial charge >= 0.3 is 5.97 Å². The number of carbonyl (C=O) groups is 14. The first-order chi connectivity index (χ1) is 54.3. The summed E-state index contributed by atoms with van der Waals surface area (Å²) in [7, 11) is 5.60. The van der Waals surface area contributed by atoms with E-state index >= 15 is 14.4 Å². The molecule has 11 N–H and O–H groups in total. The molecule has 0 bridgehead atoms. The monoisotopic (exact) mass is 1610 g/mol. The second-order valence-electron chi connectivity index (χ2n) is 30.2. The number of amides is 7. The zero-order valence-electron chi connectivity index (χ0n) is 65.9. The number of aliphatic hydroxyl groups excluding tert-OH is 1. The number of nitrogens with one attached hydrogen (secondary N) is 4. The smallest absolute Gasteiger partial charge is 0.305 e. The molecule has 7 amide bonds. The number of benzene rings is 4. The quantitative estimate of drug-likeness (QED) is 0.0255. The molecule has 0 spiro atoms. The van der Waals surface area contributed by atoms with E-state index in [1.807, 2.05) is 59.5 Å². The minimum Gasteiger partial charge on any atom is -0.508 e. The minimum absolute atomic E-state index is 0.00999. The minimum atomic E-state index is -1.75. The van der Waals surface area contributed by atoms with Crippen molar-refractivity contribution >= 4 is 123 Å². The molecule has 4 aromatic carbocycles. The topological polar surface area (TPSA) is 432 Å². The third kappa shape index (κ3) is 27.0. The highest BCUT2D eigenvalue weighted by Crippen LogP contribution is 2.30. The zero-order chi connectivity index (χ0) is 83.5. The number of nitrogens with two attached hydrogens (primary N) is 2. The van der Waals surface area contributed by atoms with E-state index < -0.39 is 188 Å². The lowest BCUT2D eigenvalue weighted by Gasteiger charge is -2.36. The first-order valence-electron chi connectivity index (χ1n) is 38.6. The Labute approximate surface area is 674 Å². The highest BCUT2D eigenvalue weighted by molar-refractivity contribution is 8.00. The highest BCUT2D eigenvalue weighted by Gasteiger charge is 2.41. The lowest BCUT2D eigenvalue weighted by Crippen LogP contribution is -2.56. The summed E-state index contributed by atoms with van der Waals surface area (Å²) in [5.74, 6) is -16.0. The van der Waals surface area contributed by atoms with Crippen LogP contribution in [0.2, 0.25) is 0 Å². The van der Waals surface area contributed by atoms with Gasteiger partial charge in [0, 0.05) is 139 Å². The molecule has 7 rings (SSSR count). The molecule has 2 fully saturated rings. The standard InChI is InChI=1S/C83H110N12O17S2/c1-50(2)64-41-74(103)67(42-76(105)106)89-77(107)58(47-113)40-73(102)55(37-57-43-87-65-23-15-14-22-63(57)65)38-62(100)48-114-49-68(51(3)97)90-78(108)69-25-17-33-95(69)44-59(35-52-18-10-8-11-19-52)92(5)79(109)56(34-54-26-28-60(98)29-27-54)39-61(99)45-91(4)82(112)70(36-53-20-12-9-13-21-53)93(6)81(111)66(24-16-32-86-83(84)85)88-75(104)31-30-72(101)71(46-96)94(7)80(64)110/h8-15,18-23,26-29,43,50,55-56,58-59,64,66-71,87,96,98,113H,16-17,24-25,30-42,44-49H2,1-7H3,(H,88,104)(H,89,107)(H,90,108)(H,105,106)(H4,84,85,86)/t55?,56?,58?,59?,64?,66?,67?,68?,69-,70?,71?/m1/s1. The Hall–Kier alpha value is -10.1. The fourth-order valence-corrected chi connectivity index (χ4v) is 16.0. The molecule has 5 aromatic rings. The number of carboxylic acid groups (broad SMARTS) is 1. The van der Waals surface area contributed by atoms with Crippen LogP contribution in [0.15, 0.2) is 120 Å². The van der Waals surface area contributed by atoms with E-state index in [1.165, 1.54) is 45.1 Å². The number of ketones is 6. The van der Waals surface area contributed by atoms with E-state index in [2.05, 4.69) is 38.6 Å². The van der Waals surface area contributed by atoms with Crippen LogP contribution < -0.4 is 27.4 Å². The van der Waals surface area contributed by atoms with Gasteiger partial charge in [-0.3, -0.25) is 77.0 Å². The van der Waals surface area contributed by atoms with Gasteiger partial charge in [-0.1, -0.05) is 105 Å². The maximum atomic E-state index is 15.5. The van der Waals surface area contributed by atoms with Gasteiger partial charge in [0.1, 0.15) is 35.4 Å². The molecule has 0 aliphatic carbocycles. The van der Waals surface area contributed by atoms with Crippen LogP contribution in [-0.4, -0.2) is 253 Å². The molecule has 2 aliphatic rings. The highest BCUT2D eigenvalue weighted by atomic mass is 32.2. The number of rotatable bonds is 18. The molecule has 1 aromatic heterocycles. The van der Waals surface area contributed by atoms with E-state index in [9.17, 15) is 68.1 Å². The summed E-state index contributed by atoms with van der Waals surface area (Å²) in [5.41, 5.74) is 14.8. The molecule has 0 saturated carbocycles. The number of aliphatic carboxylic acids is 1. The number of fused-ring (bicyclic) bond motifs is 2. The molecule has 2 aliphatic heterocycles. The van der Waals surface area contributed by atoms with Crippen LogP contribution in [0.25, 0.3) is 10.9 Å². The van der Waals surface area contributed by atoms with Gasteiger partial charge in [0.2, 0.25) is 41.4 Å². The zero-order valence-corrected chi connectivity index (χ0v) is 67.6. The number of nitrogens with zero attached hydrogens (tertiary/aromatic N) is 6. The van der Waals surface area contributed by atoms with Gasteiger partial charge in [-0.05, 0) is 105 Å². The molecular formula is C83H110N12O17S2. The molecule has 31 heteroatoms. The Morgan fingerprint density at radius 2 is 1.27 bits per heavy atom. The number of Topliss-reactive ketones (excluding diaryl/α,β-unsaturated/α-hetero) is 6. The van der Waals surface area contributed by atoms with Crippen LogP contribution in [-0.2, 0) is 92.8 Å². The van der Waals surface area contributed by atoms with Crippen molar-refractivity contribution in [2.75, 3.05) is 78.2 Å². The lowest BCUT2D eigenvalue weighted by molar-refractivity contribution is -0.147. The van der Waals surface area contributed by atoms with Crippen LogP contribution >= 0.6 is 24.4 Å². The van der Waals surface area contributed by atoms with Gasteiger partial charge < -0.3 is 67.3 Å². The van der Waals surface area contributed by atoms with Crippen molar-refractivity contribution in [1.29, 1.82) is 0 Å². The molecule has 11 atom stereocenters. The second kappa shape index (κ2) is 44.5. The third-order valence-electron chi connectivity index (χ3n) is 21.4. The first-order valence-corrected chi connectivity index (χ1v) is 40.3. The summed E-state index contributed by atoms with van der Waals surface area (Å²) in [4.78, 5) is 215. The number of aliphatic hydroxyl groups is 1. The number of carboxylic acids is 1. The van der Waals surface area contributed by atoms with Crippen molar-refractivity contribution in [2.24, 2.45) is 46.0 Å². The average Bonchev–Trinajstić information content (AvgIpc) is 1.42. The Morgan fingerprint density at radius 1 is 0.640 bits per heavy atom. The normalized spacial score (nSPS) is 24.2. The fraction of sp³-hybridized carbons (Fsp3) is 0.506. The lowest BCUT2D eigenvalue weighted by atomic mass is 9.85. The molecule has 616 valence electrons. The number of para-hydroxylation sites is 1. The number of aromatic amines is 1. The molecular weight excluding hydrogens is 1500 g/mol. The number of aliphatic imine (C=N–C) groups is 1. The van der Waals surface area contributed by atoms with Crippen molar-refractivity contribution < 1.29 is 82.4 Å². The summed E-state index contributed by atoms with van der Waals surface area (Å²) < 4.78 is 0. The largest absolute Gasteiger partial charge is 0.508 e. The average molecular weight is 1610 g/mol. The molecule has 2 saturated heterocycles. The number of H-pyrrole nitrogens is 1. The van der Waals surface area contributed by atoms with Crippen LogP contribution in [0, 0.1) is 29.6 Å². The molecule has 114 heavy (non-hydrogen) atoms. The van der Waals surface area contributed by atoms with Crippen LogP contribution in [0.3, 0.4) is 0 Å². The Kier molecular flexibility index (Phi) is 35.6. The number of phenolic OH excluding ortho intramolecular Hbond substituents is 1. The van der Waals surface area contributed by atoms with E-state index in [1.54, 1.807) is 74.5 Å². The van der Waals surface area contributed by atoms with Crippen LogP contribution in [0.1, 0.15) is 114 Å². The molecule has 0 radical (unpaired) electrons. The number of carbonyl (C=O) groups excluding carboxylic acids is 13. The number of thiol groups is 1. The van der Waals surface area contributed by atoms with Gasteiger partial charge in [-0.25, -0.2) is 0 Å². The Bertz CT molecular complexity index is 4220. The summed E-state index contributed by atoms with van der Waals surface area (Å²) >= 11 is 5.50. The van der Waals surface area contributed by atoms with Gasteiger partial charge in [-0.2, -0.15) is 24.4 Å². The van der Waals surface area contributed by atoms with Crippen molar-refractivity contribution in [3.8, 4) is 5.75 Å². The van der Waals surface area contributed by atoms with Crippen molar-refractivity contribution in [2.45, 2.75) is 159 Å². The first kappa shape index (κ1) is 91.1. The van der Waals surface area contributed by atoms with Gasteiger partial charge in [0.15, 0.2) is 29.1 Å². The summed E-state index contributed by atoms with van der Waals surface area (Å²) in [5, 5.41) is 40.0. The number of guanidine groups is 1. The van der Waals surface area contributed by atoms with E-state index in [-0.39, 0.29) is 98.6 Å². The van der Waals surface area contributed by atoms with Crippen molar-refractivity contribution in [3.05, 3.63) is 138 Å². The number of thioether (sulfide) groups is 1. The Balaban J connectivity index is 1.23. The van der Waals surface area contributed by atoms with Crippen molar-refractivity contribution in [1.82, 2.24) is 45.4 Å².